The summed E-state index contributed by atoms with van der Waals surface area (Å²) in [6.45, 7) is 4.36. The first-order valence-electron chi connectivity index (χ1n) is 9.93. The van der Waals surface area contributed by atoms with Gasteiger partial charge in [-0.05, 0) is 38.6 Å². The molecule has 0 heterocycles. The molecule has 0 unspecified atom stereocenters. The molecule has 1 aliphatic rings. The lowest BCUT2D eigenvalue weighted by Crippen LogP contribution is -2.44. The quantitative estimate of drug-likeness (QED) is 0.626. The second-order valence-corrected chi connectivity index (χ2v) is 7.39. The average molecular weight is 407 g/mol. The molecule has 7 heteroatoms. The van der Waals surface area contributed by atoms with E-state index in [-0.39, 0.29) is 35.5 Å². The molecule has 3 rings (SSSR count). The molecule has 2 aromatic carbocycles. The third-order valence-electron chi connectivity index (χ3n) is 5.20. The summed E-state index contributed by atoms with van der Waals surface area (Å²) in [4.78, 5) is 51.6. The van der Waals surface area contributed by atoms with Gasteiger partial charge in [-0.2, -0.15) is 0 Å². The van der Waals surface area contributed by atoms with Crippen LogP contribution in [0.25, 0.3) is 0 Å². The topological polar surface area (TPSA) is 95.6 Å². The second kappa shape index (κ2) is 9.00. The first-order chi connectivity index (χ1) is 14.3. The third kappa shape index (κ3) is 4.31. The maximum Gasteiger partial charge on any atom is 0.241 e. The molecule has 1 atom stereocenters. The zero-order chi connectivity index (χ0) is 21.8. The molecule has 7 nitrogen and oxygen atoms in total. The first-order valence-corrected chi connectivity index (χ1v) is 9.93. The number of nitrogens with one attached hydrogen (secondary N) is 2. The van der Waals surface area contributed by atoms with Gasteiger partial charge in [-0.1, -0.05) is 31.2 Å². The van der Waals surface area contributed by atoms with Crippen molar-refractivity contribution in [3.05, 3.63) is 64.7 Å². The summed E-state index contributed by atoms with van der Waals surface area (Å²) >= 11 is 0. The van der Waals surface area contributed by atoms with Crippen LogP contribution in [0.4, 0.5) is 5.69 Å². The van der Waals surface area contributed by atoms with Crippen molar-refractivity contribution in [2.24, 2.45) is 0 Å². The molecule has 156 valence electrons. The molecule has 0 aliphatic heterocycles. The molecule has 0 saturated heterocycles. The van der Waals surface area contributed by atoms with E-state index in [0.29, 0.717) is 28.9 Å². The van der Waals surface area contributed by atoms with Crippen LogP contribution in [0, 0.1) is 0 Å². The van der Waals surface area contributed by atoms with E-state index in [0.717, 1.165) is 6.42 Å². The van der Waals surface area contributed by atoms with Crippen LogP contribution in [-0.2, 0) is 9.59 Å². The minimum atomic E-state index is -0.563. The normalized spacial score (nSPS) is 13.5. The van der Waals surface area contributed by atoms with Gasteiger partial charge in [0.05, 0.1) is 12.6 Å². The number of nitrogens with zero attached hydrogens (tertiary/aromatic N) is 1. The highest BCUT2D eigenvalue weighted by molar-refractivity contribution is 6.28. The van der Waals surface area contributed by atoms with E-state index in [1.807, 2.05) is 6.92 Å². The van der Waals surface area contributed by atoms with Crippen molar-refractivity contribution < 1.29 is 19.2 Å². The van der Waals surface area contributed by atoms with Gasteiger partial charge in [0.15, 0.2) is 11.6 Å². The predicted octanol–water partition coefficient (Wildman–Crippen LogP) is 2.25. The van der Waals surface area contributed by atoms with Gasteiger partial charge in [0.25, 0.3) is 0 Å². The van der Waals surface area contributed by atoms with Crippen LogP contribution in [0.15, 0.2) is 42.5 Å². The molecule has 2 aromatic rings. The van der Waals surface area contributed by atoms with Gasteiger partial charge in [-0.25, -0.2) is 0 Å². The number of likely N-dealkylation sites (N-methyl/N-ethyl adjacent to an activating group) is 1. The monoisotopic (exact) mass is 407 g/mol. The molecule has 0 spiro atoms. The smallest absolute Gasteiger partial charge is 0.241 e. The number of amides is 2. The van der Waals surface area contributed by atoms with Crippen molar-refractivity contribution in [1.82, 2.24) is 10.2 Å². The van der Waals surface area contributed by atoms with Crippen molar-refractivity contribution >= 4 is 29.1 Å². The predicted molar refractivity (Wildman–Crippen MR) is 114 cm³/mol. The number of ketones is 2. The van der Waals surface area contributed by atoms with Gasteiger partial charge < -0.3 is 10.6 Å². The third-order valence-corrected chi connectivity index (χ3v) is 5.20. The minimum absolute atomic E-state index is 0.0997. The van der Waals surface area contributed by atoms with Gasteiger partial charge in [-0.3, -0.25) is 24.1 Å². The maximum absolute atomic E-state index is 12.8. The van der Waals surface area contributed by atoms with Crippen molar-refractivity contribution in [1.29, 1.82) is 0 Å². The highest BCUT2D eigenvalue weighted by Gasteiger charge is 2.29. The van der Waals surface area contributed by atoms with Crippen LogP contribution >= 0.6 is 0 Å². The summed E-state index contributed by atoms with van der Waals surface area (Å²) in [5.41, 5.74) is 1.79. The van der Waals surface area contributed by atoms with Crippen LogP contribution in [0.3, 0.4) is 0 Å². The Morgan fingerprint density at radius 3 is 2.20 bits per heavy atom. The van der Waals surface area contributed by atoms with E-state index in [4.69, 9.17) is 0 Å². The Kier molecular flexibility index (Phi) is 6.42. The van der Waals surface area contributed by atoms with Gasteiger partial charge in [0.2, 0.25) is 11.8 Å². The lowest BCUT2D eigenvalue weighted by atomic mass is 9.84. The Morgan fingerprint density at radius 1 is 0.967 bits per heavy atom. The van der Waals surface area contributed by atoms with E-state index in [1.54, 1.807) is 55.3 Å². The van der Waals surface area contributed by atoms with Gasteiger partial charge in [-0.15, -0.1) is 0 Å². The Hall–Kier alpha value is -3.32. The Balaban J connectivity index is 1.72. The van der Waals surface area contributed by atoms with Crippen LogP contribution in [0.2, 0.25) is 0 Å². The average Bonchev–Trinajstić information content (AvgIpc) is 2.75. The number of rotatable bonds is 7. The first kappa shape index (κ1) is 21.4. The molecule has 0 aromatic heterocycles. The van der Waals surface area contributed by atoms with Crippen LogP contribution in [0.5, 0.6) is 0 Å². The number of carbonyl (C=O) groups is 4. The standard InChI is InChI=1S/C23H25N3O4/c1-4-11-24-20(27)13-26(3)14(2)23(30)25-15-9-10-18-19(12-15)22(29)17-8-6-5-7-16(17)21(18)28/h5-10,12,14H,4,11,13H2,1-3H3,(H,24,27)(H,25,30)/t14-/m1/s1. The molecule has 0 fully saturated rings. The highest BCUT2D eigenvalue weighted by Crippen LogP contribution is 2.29. The Morgan fingerprint density at radius 2 is 1.57 bits per heavy atom. The number of carbonyl (C=O) groups excluding carboxylic acids is 4. The maximum atomic E-state index is 12.8. The number of hydrogen-bond donors (Lipinski definition) is 2. The summed E-state index contributed by atoms with van der Waals surface area (Å²) in [6.07, 6.45) is 0.843. The zero-order valence-electron chi connectivity index (χ0n) is 17.3. The van der Waals surface area contributed by atoms with Gasteiger partial charge >= 0.3 is 0 Å². The molecule has 0 saturated carbocycles. The summed E-state index contributed by atoms with van der Waals surface area (Å²) in [5, 5.41) is 5.55. The largest absolute Gasteiger partial charge is 0.355 e. The van der Waals surface area contributed by atoms with Crippen LogP contribution < -0.4 is 10.6 Å². The van der Waals surface area contributed by atoms with Crippen molar-refractivity contribution in [3.63, 3.8) is 0 Å². The van der Waals surface area contributed by atoms with E-state index in [9.17, 15) is 19.2 Å². The summed E-state index contributed by atoms with van der Waals surface area (Å²) in [6, 6.07) is 10.9. The SMILES string of the molecule is CCCNC(=O)CN(C)[C@H](C)C(=O)Nc1ccc2c(c1)C(=O)c1ccccc1C2=O. The molecule has 30 heavy (non-hydrogen) atoms. The van der Waals surface area contributed by atoms with Crippen LogP contribution in [0.1, 0.15) is 52.1 Å². The van der Waals surface area contributed by atoms with Crippen molar-refractivity contribution in [2.45, 2.75) is 26.3 Å². The van der Waals surface area contributed by atoms with E-state index >= 15 is 0 Å². The summed E-state index contributed by atoms with van der Waals surface area (Å²) in [7, 11) is 1.70. The van der Waals surface area contributed by atoms with Crippen molar-refractivity contribution in [3.8, 4) is 0 Å². The number of benzene rings is 2. The summed E-state index contributed by atoms with van der Waals surface area (Å²) in [5.74, 6) is -0.899. The fraction of sp³-hybridized carbons (Fsp3) is 0.304. The van der Waals surface area contributed by atoms with Crippen LogP contribution in [-0.4, -0.2) is 54.5 Å². The number of anilines is 1. The summed E-state index contributed by atoms with van der Waals surface area (Å²) < 4.78 is 0. The lowest BCUT2D eigenvalue weighted by molar-refractivity contribution is -0.124. The van der Waals surface area contributed by atoms with E-state index in [1.165, 1.54) is 6.07 Å². The molecular weight excluding hydrogens is 382 g/mol. The van der Waals surface area contributed by atoms with E-state index < -0.39 is 6.04 Å². The number of fused-ring (bicyclic) bond motifs is 2. The molecule has 2 amide bonds. The fourth-order valence-corrected chi connectivity index (χ4v) is 3.31. The van der Waals surface area contributed by atoms with Gasteiger partial charge in [0, 0.05) is 34.5 Å². The molecule has 0 radical (unpaired) electrons. The highest BCUT2D eigenvalue weighted by atomic mass is 16.2. The minimum Gasteiger partial charge on any atom is -0.355 e. The second-order valence-electron chi connectivity index (χ2n) is 7.39. The van der Waals surface area contributed by atoms with Crippen molar-refractivity contribution in [2.75, 3.05) is 25.5 Å². The lowest BCUT2D eigenvalue weighted by Gasteiger charge is -2.24. The molecule has 2 N–H and O–H groups in total. The van der Waals surface area contributed by atoms with E-state index in [2.05, 4.69) is 10.6 Å². The Labute approximate surface area is 175 Å². The molecular formula is C23H25N3O4. The Bertz CT molecular complexity index is 1020. The number of hydrogen-bond acceptors (Lipinski definition) is 5. The zero-order valence-corrected chi connectivity index (χ0v) is 17.3. The molecule has 0 bridgehead atoms. The molecule has 1 aliphatic carbocycles. The fourth-order valence-electron chi connectivity index (χ4n) is 3.31. The van der Waals surface area contributed by atoms with Gasteiger partial charge in [0.1, 0.15) is 0 Å².